The molecule has 98 valence electrons. The lowest BCUT2D eigenvalue weighted by molar-refractivity contribution is 0.0777. The van der Waals surface area contributed by atoms with Gasteiger partial charge in [0.2, 0.25) is 5.78 Å². The molecule has 0 spiro atoms. The molecular formula is C16H17NO2. The first-order valence-corrected chi connectivity index (χ1v) is 6.47. The minimum atomic E-state index is -0.448. The van der Waals surface area contributed by atoms with Gasteiger partial charge in [-0.15, -0.1) is 0 Å². The predicted octanol–water partition coefficient (Wildman–Crippen LogP) is 3.51. The molecular weight excluding hydrogens is 238 g/mol. The van der Waals surface area contributed by atoms with Gasteiger partial charge in [-0.1, -0.05) is 31.5 Å². The number of aromatic nitrogens is 1. The van der Waals surface area contributed by atoms with E-state index >= 15 is 0 Å². The molecule has 2 aromatic rings. The molecule has 1 aromatic carbocycles. The van der Waals surface area contributed by atoms with Gasteiger partial charge in [0.25, 0.3) is 0 Å². The lowest BCUT2D eigenvalue weighted by atomic mass is 10.0. The second kappa shape index (κ2) is 6.69. The second-order valence-corrected chi connectivity index (χ2v) is 4.31. The number of ether oxygens (including phenoxy) is 1. The summed E-state index contributed by atoms with van der Waals surface area (Å²) in [5.41, 5.74) is 0.594. The Morgan fingerprint density at radius 3 is 2.63 bits per heavy atom. The number of ketones is 1. The third kappa shape index (κ3) is 3.65. The Morgan fingerprint density at radius 2 is 2.00 bits per heavy atom. The Bertz CT molecular complexity index is 511. The first-order valence-electron chi connectivity index (χ1n) is 6.47. The van der Waals surface area contributed by atoms with E-state index in [0.717, 1.165) is 12.2 Å². The molecule has 0 N–H and O–H groups in total. The molecule has 0 aliphatic carbocycles. The minimum Gasteiger partial charge on any atom is -0.482 e. The van der Waals surface area contributed by atoms with Crippen LogP contribution >= 0.6 is 0 Å². The molecule has 1 atom stereocenters. The molecule has 0 saturated heterocycles. The van der Waals surface area contributed by atoms with E-state index in [-0.39, 0.29) is 5.78 Å². The van der Waals surface area contributed by atoms with Gasteiger partial charge in [-0.3, -0.25) is 9.78 Å². The number of pyridine rings is 1. The molecule has 0 bridgehead atoms. The summed E-state index contributed by atoms with van der Waals surface area (Å²) in [6.45, 7) is 2.04. The fourth-order valence-corrected chi connectivity index (χ4v) is 1.86. The Labute approximate surface area is 113 Å². The number of Topliss-reactive ketones (excluding diaryl/α,β-unsaturated/α-hetero) is 1. The van der Waals surface area contributed by atoms with Crippen molar-refractivity contribution in [3.63, 3.8) is 0 Å². The first kappa shape index (κ1) is 13.3. The number of carbonyl (C=O) groups excluding carboxylic acids is 1. The predicted molar refractivity (Wildman–Crippen MR) is 74.3 cm³/mol. The SMILES string of the molecule is CCCC(Oc1ccccc1)C(=O)c1cccnc1. The van der Waals surface area contributed by atoms with Crippen molar-refractivity contribution < 1.29 is 9.53 Å². The van der Waals surface area contributed by atoms with Gasteiger partial charge in [-0.25, -0.2) is 0 Å². The molecule has 3 heteroatoms. The van der Waals surface area contributed by atoms with Crippen LogP contribution in [0.3, 0.4) is 0 Å². The van der Waals surface area contributed by atoms with E-state index in [1.165, 1.54) is 0 Å². The molecule has 0 amide bonds. The van der Waals surface area contributed by atoms with Crippen molar-refractivity contribution in [3.8, 4) is 5.75 Å². The Hall–Kier alpha value is -2.16. The summed E-state index contributed by atoms with van der Waals surface area (Å²) in [5, 5.41) is 0. The van der Waals surface area contributed by atoms with Gasteiger partial charge in [-0.05, 0) is 30.7 Å². The molecule has 2 rings (SSSR count). The average molecular weight is 255 g/mol. The third-order valence-corrected chi connectivity index (χ3v) is 2.81. The lowest BCUT2D eigenvalue weighted by Crippen LogP contribution is -2.27. The van der Waals surface area contributed by atoms with Crippen molar-refractivity contribution in [3.05, 3.63) is 60.4 Å². The van der Waals surface area contributed by atoms with E-state index < -0.39 is 6.10 Å². The van der Waals surface area contributed by atoms with E-state index in [2.05, 4.69) is 4.98 Å². The Kier molecular flexibility index (Phi) is 4.67. The van der Waals surface area contributed by atoms with E-state index in [4.69, 9.17) is 4.74 Å². The van der Waals surface area contributed by atoms with Crippen LogP contribution in [0.25, 0.3) is 0 Å². The minimum absolute atomic E-state index is 0.0150. The molecule has 1 aromatic heterocycles. The Balaban J connectivity index is 2.14. The standard InChI is InChI=1S/C16H17NO2/c1-2-7-15(19-14-9-4-3-5-10-14)16(18)13-8-6-11-17-12-13/h3-6,8-12,15H,2,7H2,1H3. The summed E-state index contributed by atoms with van der Waals surface area (Å²) in [6, 6.07) is 13.0. The highest BCUT2D eigenvalue weighted by atomic mass is 16.5. The van der Waals surface area contributed by atoms with E-state index in [1.54, 1.807) is 24.5 Å². The molecule has 3 nitrogen and oxygen atoms in total. The van der Waals surface area contributed by atoms with Gasteiger partial charge in [-0.2, -0.15) is 0 Å². The number of hydrogen-bond acceptors (Lipinski definition) is 3. The van der Waals surface area contributed by atoms with Gasteiger partial charge in [0, 0.05) is 18.0 Å². The van der Waals surface area contributed by atoms with Crippen molar-refractivity contribution in [2.75, 3.05) is 0 Å². The van der Waals surface area contributed by atoms with Gasteiger partial charge in [0.15, 0.2) is 6.10 Å². The van der Waals surface area contributed by atoms with E-state index in [9.17, 15) is 4.79 Å². The summed E-state index contributed by atoms with van der Waals surface area (Å²) in [7, 11) is 0. The average Bonchev–Trinajstić information content (AvgIpc) is 2.48. The highest BCUT2D eigenvalue weighted by Gasteiger charge is 2.21. The highest BCUT2D eigenvalue weighted by molar-refractivity contribution is 5.99. The molecule has 0 saturated carbocycles. The molecule has 1 unspecified atom stereocenters. The summed E-state index contributed by atoms with van der Waals surface area (Å²) in [5.74, 6) is 0.706. The summed E-state index contributed by atoms with van der Waals surface area (Å²) in [6.07, 6.45) is 4.38. The van der Waals surface area contributed by atoms with Gasteiger partial charge < -0.3 is 4.74 Å². The van der Waals surface area contributed by atoms with Gasteiger partial charge in [0.1, 0.15) is 5.75 Å². The van der Waals surface area contributed by atoms with Crippen LogP contribution in [0.2, 0.25) is 0 Å². The number of para-hydroxylation sites is 1. The van der Waals surface area contributed by atoms with Gasteiger partial charge in [0.05, 0.1) is 0 Å². The van der Waals surface area contributed by atoms with Crippen LogP contribution in [-0.2, 0) is 0 Å². The van der Waals surface area contributed by atoms with E-state index in [1.807, 2.05) is 37.3 Å². The molecule has 0 aliphatic heterocycles. The fraction of sp³-hybridized carbons (Fsp3) is 0.250. The van der Waals surface area contributed by atoms with Crippen LogP contribution in [0, 0.1) is 0 Å². The molecule has 0 radical (unpaired) electrons. The van der Waals surface area contributed by atoms with Crippen molar-refractivity contribution in [2.24, 2.45) is 0 Å². The normalized spacial score (nSPS) is 11.8. The lowest BCUT2D eigenvalue weighted by Gasteiger charge is -2.17. The van der Waals surface area contributed by atoms with Crippen LogP contribution in [0.4, 0.5) is 0 Å². The zero-order valence-electron chi connectivity index (χ0n) is 11.0. The van der Waals surface area contributed by atoms with Crippen LogP contribution < -0.4 is 4.74 Å². The van der Waals surface area contributed by atoms with Crippen molar-refractivity contribution in [1.29, 1.82) is 0 Å². The zero-order valence-corrected chi connectivity index (χ0v) is 11.0. The largest absolute Gasteiger partial charge is 0.482 e. The third-order valence-electron chi connectivity index (χ3n) is 2.81. The van der Waals surface area contributed by atoms with Crippen LogP contribution in [0.1, 0.15) is 30.1 Å². The van der Waals surface area contributed by atoms with Gasteiger partial charge >= 0.3 is 0 Å². The van der Waals surface area contributed by atoms with Crippen LogP contribution in [0.15, 0.2) is 54.9 Å². The summed E-state index contributed by atoms with van der Waals surface area (Å²) in [4.78, 5) is 16.4. The maximum atomic E-state index is 12.4. The number of nitrogens with zero attached hydrogens (tertiary/aromatic N) is 1. The maximum absolute atomic E-state index is 12.4. The second-order valence-electron chi connectivity index (χ2n) is 4.31. The molecule has 19 heavy (non-hydrogen) atoms. The molecule has 0 aliphatic rings. The van der Waals surface area contributed by atoms with E-state index in [0.29, 0.717) is 12.0 Å². The Morgan fingerprint density at radius 1 is 1.21 bits per heavy atom. The number of hydrogen-bond donors (Lipinski definition) is 0. The quantitative estimate of drug-likeness (QED) is 0.741. The number of benzene rings is 1. The van der Waals surface area contributed by atoms with Crippen LogP contribution in [-0.4, -0.2) is 16.9 Å². The summed E-state index contributed by atoms with van der Waals surface area (Å²) >= 11 is 0. The molecule has 1 heterocycles. The first-order chi connectivity index (χ1) is 9.31. The zero-order chi connectivity index (χ0) is 13.5. The fourth-order valence-electron chi connectivity index (χ4n) is 1.86. The number of carbonyl (C=O) groups is 1. The highest BCUT2D eigenvalue weighted by Crippen LogP contribution is 2.16. The van der Waals surface area contributed by atoms with Crippen molar-refractivity contribution in [1.82, 2.24) is 4.98 Å². The smallest absolute Gasteiger partial charge is 0.204 e. The maximum Gasteiger partial charge on any atom is 0.204 e. The molecule has 0 fully saturated rings. The summed E-state index contributed by atoms with van der Waals surface area (Å²) < 4.78 is 5.79. The van der Waals surface area contributed by atoms with Crippen LogP contribution in [0.5, 0.6) is 5.75 Å². The monoisotopic (exact) mass is 255 g/mol. The topological polar surface area (TPSA) is 39.2 Å². The van der Waals surface area contributed by atoms with Crippen molar-refractivity contribution >= 4 is 5.78 Å². The van der Waals surface area contributed by atoms with Crippen molar-refractivity contribution in [2.45, 2.75) is 25.9 Å². The number of rotatable bonds is 6.